The highest BCUT2D eigenvalue weighted by Crippen LogP contribution is 2.41. The zero-order valence-corrected chi connectivity index (χ0v) is 14.0. The second kappa shape index (κ2) is 6.80. The number of anilines is 1. The third-order valence-corrected chi connectivity index (χ3v) is 4.06. The highest BCUT2D eigenvalue weighted by molar-refractivity contribution is 7.18. The van der Waals surface area contributed by atoms with Crippen molar-refractivity contribution >= 4 is 22.4 Å². The number of rotatable bonds is 4. The molecule has 3 aromatic rings. The van der Waals surface area contributed by atoms with Crippen LogP contribution >= 0.6 is 11.3 Å². The summed E-state index contributed by atoms with van der Waals surface area (Å²) in [7, 11) is 0. The molecule has 122 valence electrons. The average molecular weight is 342 g/mol. The Hall–Kier alpha value is -2.73. The van der Waals surface area contributed by atoms with Gasteiger partial charge in [-0.25, -0.2) is 9.37 Å². The van der Waals surface area contributed by atoms with E-state index in [1.165, 1.54) is 13.0 Å². The van der Waals surface area contributed by atoms with E-state index in [9.17, 15) is 9.18 Å². The Kier molecular flexibility index (Phi) is 4.57. The predicted octanol–water partition coefficient (Wildman–Crippen LogP) is 5.01. The van der Waals surface area contributed by atoms with Crippen LogP contribution in [0.3, 0.4) is 0 Å². The molecule has 1 heterocycles. The van der Waals surface area contributed by atoms with E-state index in [1.54, 1.807) is 24.3 Å². The van der Waals surface area contributed by atoms with E-state index in [4.69, 9.17) is 4.74 Å². The number of carbonyl (C=O) groups excluding carboxylic acids is 1. The normalized spacial score (nSPS) is 10.5. The van der Waals surface area contributed by atoms with Crippen molar-refractivity contribution < 1.29 is 13.9 Å². The highest BCUT2D eigenvalue weighted by atomic mass is 32.1. The Morgan fingerprint density at radius 2 is 1.96 bits per heavy atom. The summed E-state index contributed by atoms with van der Waals surface area (Å²) in [4.78, 5) is 15.6. The number of aryl methyl sites for hydroxylation is 1. The van der Waals surface area contributed by atoms with Crippen LogP contribution in [0.4, 0.5) is 9.52 Å². The summed E-state index contributed by atoms with van der Waals surface area (Å²) >= 11 is 1.16. The van der Waals surface area contributed by atoms with Crippen molar-refractivity contribution in [2.45, 2.75) is 13.8 Å². The summed E-state index contributed by atoms with van der Waals surface area (Å²) in [6.45, 7) is 3.27. The van der Waals surface area contributed by atoms with Crippen LogP contribution in [0, 0.1) is 12.7 Å². The number of aromatic nitrogens is 1. The van der Waals surface area contributed by atoms with Gasteiger partial charge in [-0.3, -0.25) is 4.79 Å². The average Bonchev–Trinajstić information content (AvgIpc) is 2.92. The Morgan fingerprint density at radius 1 is 1.21 bits per heavy atom. The van der Waals surface area contributed by atoms with Crippen molar-refractivity contribution in [3.8, 4) is 22.1 Å². The number of benzene rings is 2. The number of hydrogen-bond acceptors (Lipinski definition) is 4. The first kappa shape index (κ1) is 16.1. The molecule has 0 spiro atoms. The molecule has 0 aliphatic rings. The van der Waals surface area contributed by atoms with Crippen LogP contribution in [0.1, 0.15) is 12.5 Å². The van der Waals surface area contributed by atoms with Gasteiger partial charge in [0.2, 0.25) is 11.0 Å². The van der Waals surface area contributed by atoms with Crippen LogP contribution in [0.25, 0.3) is 11.3 Å². The lowest BCUT2D eigenvalue weighted by atomic mass is 10.1. The van der Waals surface area contributed by atoms with Crippen molar-refractivity contribution in [1.29, 1.82) is 0 Å². The van der Waals surface area contributed by atoms with E-state index in [2.05, 4.69) is 10.3 Å². The topological polar surface area (TPSA) is 51.2 Å². The molecular formula is C18H15FN2O2S. The van der Waals surface area contributed by atoms with Crippen LogP contribution in [-0.4, -0.2) is 10.9 Å². The number of nitrogens with zero attached hydrogens (tertiary/aromatic N) is 1. The molecule has 0 aliphatic carbocycles. The second-order valence-corrected chi connectivity index (χ2v) is 6.20. The number of nitrogens with one attached hydrogen (secondary N) is 1. The zero-order valence-electron chi connectivity index (χ0n) is 13.2. The Morgan fingerprint density at radius 3 is 2.67 bits per heavy atom. The van der Waals surface area contributed by atoms with Crippen LogP contribution in [0.2, 0.25) is 0 Å². The smallest absolute Gasteiger partial charge is 0.223 e. The number of thiazole rings is 1. The van der Waals surface area contributed by atoms with Gasteiger partial charge in [0.15, 0.2) is 5.13 Å². The molecule has 0 atom stereocenters. The van der Waals surface area contributed by atoms with Gasteiger partial charge in [-0.2, -0.15) is 0 Å². The van der Waals surface area contributed by atoms with Crippen molar-refractivity contribution in [1.82, 2.24) is 4.98 Å². The number of ether oxygens (including phenoxy) is 1. The Labute approximate surface area is 142 Å². The van der Waals surface area contributed by atoms with Gasteiger partial charge in [-0.1, -0.05) is 41.2 Å². The van der Waals surface area contributed by atoms with Crippen molar-refractivity contribution in [2.75, 3.05) is 5.32 Å². The lowest BCUT2D eigenvalue weighted by Gasteiger charge is -2.06. The summed E-state index contributed by atoms with van der Waals surface area (Å²) in [5, 5.41) is 3.41. The van der Waals surface area contributed by atoms with Gasteiger partial charge in [-0.05, 0) is 31.2 Å². The third-order valence-electron chi connectivity index (χ3n) is 3.21. The molecule has 1 N–H and O–H groups in total. The molecule has 0 bridgehead atoms. The first-order valence-corrected chi connectivity index (χ1v) is 8.12. The molecule has 0 unspecified atom stereocenters. The van der Waals surface area contributed by atoms with Crippen LogP contribution in [-0.2, 0) is 4.79 Å². The van der Waals surface area contributed by atoms with Gasteiger partial charge in [0, 0.05) is 12.5 Å². The van der Waals surface area contributed by atoms with Gasteiger partial charge in [-0.15, -0.1) is 0 Å². The van der Waals surface area contributed by atoms with Gasteiger partial charge >= 0.3 is 0 Å². The Bertz CT molecular complexity index is 878. The van der Waals surface area contributed by atoms with E-state index in [0.29, 0.717) is 27.2 Å². The van der Waals surface area contributed by atoms with E-state index in [0.717, 1.165) is 16.9 Å². The van der Waals surface area contributed by atoms with Gasteiger partial charge in [0.1, 0.15) is 17.3 Å². The largest absolute Gasteiger partial charge is 0.444 e. The summed E-state index contributed by atoms with van der Waals surface area (Å²) in [6.07, 6.45) is 0. The maximum absolute atomic E-state index is 14.3. The minimum absolute atomic E-state index is 0.244. The fraction of sp³-hybridized carbons (Fsp3) is 0.111. The van der Waals surface area contributed by atoms with Crippen LogP contribution in [0.15, 0.2) is 48.5 Å². The number of halogens is 1. The molecule has 0 radical (unpaired) electrons. The SMILES string of the molecule is CC(=O)Nc1nc(-c2cc(C)ccc2F)c(Oc2ccccc2)s1. The minimum Gasteiger partial charge on any atom is -0.444 e. The number of hydrogen-bond donors (Lipinski definition) is 1. The highest BCUT2D eigenvalue weighted by Gasteiger charge is 2.19. The number of para-hydroxylation sites is 1. The van der Waals surface area contributed by atoms with Gasteiger partial charge in [0.05, 0.1) is 0 Å². The monoisotopic (exact) mass is 342 g/mol. The standard InChI is InChI=1S/C18H15FN2O2S/c1-11-8-9-15(19)14(10-11)16-17(23-13-6-4-3-5-7-13)24-18(21-16)20-12(2)22/h3-10H,1-2H3,(H,20,21,22). The fourth-order valence-electron chi connectivity index (χ4n) is 2.17. The molecule has 6 heteroatoms. The number of amides is 1. The van der Waals surface area contributed by atoms with Crippen molar-refractivity contribution in [3.63, 3.8) is 0 Å². The molecule has 3 rings (SSSR count). The first-order chi connectivity index (χ1) is 11.5. The first-order valence-electron chi connectivity index (χ1n) is 7.31. The third kappa shape index (κ3) is 3.60. The van der Waals surface area contributed by atoms with Gasteiger partial charge in [0.25, 0.3) is 0 Å². The number of carbonyl (C=O) groups is 1. The van der Waals surface area contributed by atoms with Crippen molar-refractivity contribution in [3.05, 3.63) is 59.9 Å². The lowest BCUT2D eigenvalue weighted by Crippen LogP contribution is -2.05. The summed E-state index contributed by atoms with van der Waals surface area (Å²) in [5.74, 6) is -0.0192. The predicted molar refractivity (Wildman–Crippen MR) is 93.1 cm³/mol. The molecule has 24 heavy (non-hydrogen) atoms. The summed E-state index contributed by atoms with van der Waals surface area (Å²) in [5.41, 5.74) is 1.62. The van der Waals surface area contributed by atoms with Crippen LogP contribution < -0.4 is 10.1 Å². The molecule has 0 saturated carbocycles. The molecule has 0 fully saturated rings. The maximum atomic E-state index is 14.3. The summed E-state index contributed by atoms with van der Waals surface area (Å²) in [6, 6.07) is 14.0. The lowest BCUT2D eigenvalue weighted by molar-refractivity contribution is -0.114. The fourth-order valence-corrected chi connectivity index (χ4v) is 3.06. The summed E-state index contributed by atoms with van der Waals surface area (Å²) < 4.78 is 20.1. The van der Waals surface area contributed by atoms with Gasteiger partial charge < -0.3 is 10.1 Å². The quantitative estimate of drug-likeness (QED) is 0.725. The van der Waals surface area contributed by atoms with E-state index >= 15 is 0 Å². The zero-order chi connectivity index (χ0) is 17.1. The van der Waals surface area contributed by atoms with E-state index in [-0.39, 0.29) is 5.91 Å². The second-order valence-electron chi connectivity index (χ2n) is 5.23. The molecule has 1 aromatic heterocycles. The maximum Gasteiger partial charge on any atom is 0.223 e. The van der Waals surface area contributed by atoms with Crippen molar-refractivity contribution in [2.24, 2.45) is 0 Å². The molecule has 2 aromatic carbocycles. The molecule has 4 nitrogen and oxygen atoms in total. The molecular weight excluding hydrogens is 327 g/mol. The molecule has 0 saturated heterocycles. The molecule has 1 amide bonds. The minimum atomic E-state index is -0.391. The Balaban J connectivity index is 2.07. The van der Waals surface area contributed by atoms with Crippen LogP contribution in [0.5, 0.6) is 10.8 Å². The molecule has 0 aliphatic heterocycles. The van der Waals surface area contributed by atoms with E-state index in [1.807, 2.05) is 25.1 Å². The van der Waals surface area contributed by atoms with E-state index < -0.39 is 5.82 Å².